The second-order valence-electron chi connectivity index (χ2n) is 4.90. The van der Waals surface area contributed by atoms with Crippen LogP contribution >= 0.6 is 0 Å². The van der Waals surface area contributed by atoms with Crippen LogP contribution in [0, 0.1) is 0 Å². The molecule has 104 valence electrons. The van der Waals surface area contributed by atoms with Crippen LogP contribution in [-0.4, -0.2) is 22.6 Å². The Balaban J connectivity index is 2.67. The first-order valence-electron chi connectivity index (χ1n) is 6.24. The second kappa shape index (κ2) is 6.22. The summed E-state index contributed by atoms with van der Waals surface area (Å²) in [6.45, 7) is 4.84. The van der Waals surface area contributed by atoms with Crippen molar-refractivity contribution in [2.75, 3.05) is 0 Å². The molecule has 1 unspecified atom stereocenters. The molecule has 1 aromatic carbocycles. The van der Waals surface area contributed by atoms with Crippen LogP contribution in [0.5, 0.6) is 0 Å². The van der Waals surface area contributed by atoms with Crippen molar-refractivity contribution in [3.05, 3.63) is 35.9 Å². The molecule has 2 amide bonds. The number of carboxylic acid groups (broad SMARTS) is 1. The van der Waals surface area contributed by atoms with E-state index in [0.717, 1.165) is 12.0 Å². The highest BCUT2D eigenvalue weighted by atomic mass is 16.4. The maximum absolute atomic E-state index is 11.8. The van der Waals surface area contributed by atoms with Crippen molar-refractivity contribution in [3.63, 3.8) is 0 Å². The van der Waals surface area contributed by atoms with Gasteiger partial charge in [0, 0.05) is 0 Å². The minimum atomic E-state index is -1.29. The lowest BCUT2D eigenvalue weighted by Crippen LogP contribution is -2.53. The molecule has 0 aliphatic carbocycles. The number of carbonyl (C=O) groups is 2. The molecule has 0 saturated heterocycles. The zero-order valence-electron chi connectivity index (χ0n) is 11.4. The van der Waals surface area contributed by atoms with Gasteiger partial charge >= 0.3 is 12.0 Å². The maximum atomic E-state index is 11.8. The summed E-state index contributed by atoms with van der Waals surface area (Å²) in [5, 5.41) is 14.2. The van der Waals surface area contributed by atoms with Gasteiger partial charge in [-0.1, -0.05) is 37.3 Å². The van der Waals surface area contributed by atoms with Crippen LogP contribution in [0.1, 0.15) is 38.8 Å². The molecule has 0 bridgehead atoms. The van der Waals surface area contributed by atoms with E-state index in [1.165, 1.54) is 13.8 Å². The number of rotatable bonds is 5. The van der Waals surface area contributed by atoms with Gasteiger partial charge in [0.25, 0.3) is 0 Å². The molecule has 0 fully saturated rings. The van der Waals surface area contributed by atoms with Crippen molar-refractivity contribution in [1.82, 2.24) is 10.6 Å². The summed E-state index contributed by atoms with van der Waals surface area (Å²) in [5.74, 6) is -1.07. The minimum absolute atomic E-state index is 0.134. The van der Waals surface area contributed by atoms with E-state index in [1.54, 1.807) is 0 Å². The third-order valence-electron chi connectivity index (χ3n) is 2.88. The number of amides is 2. The van der Waals surface area contributed by atoms with E-state index >= 15 is 0 Å². The summed E-state index contributed by atoms with van der Waals surface area (Å²) >= 11 is 0. The summed E-state index contributed by atoms with van der Waals surface area (Å²) in [4.78, 5) is 22.8. The topological polar surface area (TPSA) is 78.4 Å². The first-order chi connectivity index (χ1) is 8.86. The molecule has 19 heavy (non-hydrogen) atoms. The molecule has 5 heteroatoms. The molecular weight excluding hydrogens is 244 g/mol. The van der Waals surface area contributed by atoms with Gasteiger partial charge in [-0.2, -0.15) is 0 Å². The van der Waals surface area contributed by atoms with Crippen LogP contribution in [0.25, 0.3) is 0 Å². The first kappa shape index (κ1) is 15.0. The monoisotopic (exact) mass is 264 g/mol. The third-order valence-corrected chi connectivity index (χ3v) is 2.88. The van der Waals surface area contributed by atoms with Crippen molar-refractivity contribution in [1.29, 1.82) is 0 Å². The first-order valence-corrected chi connectivity index (χ1v) is 6.24. The lowest BCUT2D eigenvalue weighted by atomic mass is 10.0. The summed E-state index contributed by atoms with van der Waals surface area (Å²) < 4.78 is 0. The zero-order valence-corrected chi connectivity index (χ0v) is 11.4. The average Bonchev–Trinajstić information content (AvgIpc) is 2.36. The van der Waals surface area contributed by atoms with E-state index in [0.29, 0.717) is 0 Å². The van der Waals surface area contributed by atoms with Crippen molar-refractivity contribution in [2.24, 2.45) is 0 Å². The van der Waals surface area contributed by atoms with Gasteiger partial charge in [-0.25, -0.2) is 9.59 Å². The van der Waals surface area contributed by atoms with Gasteiger partial charge in [0.15, 0.2) is 0 Å². The molecular formula is C14H20N2O3. The van der Waals surface area contributed by atoms with Gasteiger partial charge in [-0.15, -0.1) is 0 Å². The predicted octanol–water partition coefficient (Wildman–Crippen LogP) is 2.30. The Morgan fingerprint density at radius 2 is 1.84 bits per heavy atom. The van der Waals surface area contributed by atoms with E-state index in [1.807, 2.05) is 37.3 Å². The summed E-state index contributed by atoms with van der Waals surface area (Å²) in [6, 6.07) is 8.95. The molecule has 0 saturated carbocycles. The number of nitrogens with one attached hydrogen (secondary N) is 2. The Labute approximate surface area is 113 Å². The molecule has 1 rings (SSSR count). The van der Waals surface area contributed by atoms with Gasteiger partial charge in [0.05, 0.1) is 6.04 Å². The van der Waals surface area contributed by atoms with E-state index < -0.39 is 17.5 Å². The van der Waals surface area contributed by atoms with Gasteiger partial charge in [0.2, 0.25) is 0 Å². The van der Waals surface area contributed by atoms with Gasteiger partial charge in [0.1, 0.15) is 5.54 Å². The second-order valence-corrected chi connectivity index (χ2v) is 4.90. The van der Waals surface area contributed by atoms with Gasteiger partial charge in [-0.3, -0.25) is 0 Å². The number of benzene rings is 1. The Morgan fingerprint density at radius 1 is 1.26 bits per heavy atom. The molecule has 0 aliphatic heterocycles. The highest BCUT2D eigenvalue weighted by Gasteiger charge is 2.29. The Morgan fingerprint density at radius 3 is 2.32 bits per heavy atom. The number of aliphatic carboxylic acids is 1. The fourth-order valence-corrected chi connectivity index (χ4v) is 1.64. The lowest BCUT2D eigenvalue weighted by Gasteiger charge is -2.24. The third kappa shape index (κ3) is 4.28. The quantitative estimate of drug-likeness (QED) is 0.763. The summed E-state index contributed by atoms with van der Waals surface area (Å²) in [7, 11) is 0. The largest absolute Gasteiger partial charge is 0.480 e. The maximum Gasteiger partial charge on any atom is 0.328 e. The van der Waals surface area contributed by atoms with Gasteiger partial charge < -0.3 is 15.7 Å². The fourth-order valence-electron chi connectivity index (χ4n) is 1.64. The van der Waals surface area contributed by atoms with Crippen LogP contribution in [0.15, 0.2) is 30.3 Å². The molecule has 5 nitrogen and oxygen atoms in total. The highest BCUT2D eigenvalue weighted by Crippen LogP contribution is 2.15. The number of urea groups is 1. The van der Waals surface area contributed by atoms with E-state index in [4.69, 9.17) is 5.11 Å². The summed E-state index contributed by atoms with van der Waals surface area (Å²) in [6.07, 6.45) is 0.727. The highest BCUT2D eigenvalue weighted by molar-refractivity contribution is 5.85. The smallest absolute Gasteiger partial charge is 0.328 e. The molecule has 1 atom stereocenters. The van der Waals surface area contributed by atoms with Crippen LogP contribution < -0.4 is 10.6 Å². The van der Waals surface area contributed by atoms with Crippen LogP contribution in [0.2, 0.25) is 0 Å². The molecule has 0 spiro atoms. The van der Waals surface area contributed by atoms with Crippen molar-refractivity contribution in [3.8, 4) is 0 Å². The standard InChI is InChI=1S/C14H20N2O3/c1-4-11(10-8-6-5-7-9-10)15-13(19)16-14(2,3)12(17)18/h5-9,11H,4H2,1-3H3,(H,17,18)(H2,15,16,19). The van der Waals surface area contributed by atoms with Crippen LogP contribution in [0.3, 0.4) is 0 Å². The van der Waals surface area contributed by atoms with Crippen LogP contribution in [0.4, 0.5) is 4.79 Å². The number of carboxylic acids is 1. The Hall–Kier alpha value is -2.04. The molecule has 0 heterocycles. The van der Waals surface area contributed by atoms with Gasteiger partial charge in [-0.05, 0) is 25.8 Å². The molecule has 0 aliphatic rings. The van der Waals surface area contributed by atoms with E-state index in [-0.39, 0.29) is 6.04 Å². The Kier molecular flexibility index (Phi) is 4.92. The van der Waals surface area contributed by atoms with Crippen LogP contribution in [-0.2, 0) is 4.79 Å². The van der Waals surface area contributed by atoms with E-state index in [2.05, 4.69) is 10.6 Å². The SMILES string of the molecule is CCC(NC(=O)NC(C)(C)C(=O)O)c1ccccc1. The number of carbonyl (C=O) groups excluding carboxylic acids is 1. The summed E-state index contributed by atoms with van der Waals surface area (Å²) in [5.41, 5.74) is -0.299. The van der Waals surface area contributed by atoms with Crippen molar-refractivity contribution < 1.29 is 14.7 Å². The molecule has 0 aromatic heterocycles. The molecule has 0 radical (unpaired) electrons. The lowest BCUT2D eigenvalue weighted by molar-refractivity contribution is -0.142. The Bertz CT molecular complexity index is 443. The zero-order chi connectivity index (χ0) is 14.5. The van der Waals surface area contributed by atoms with Crippen molar-refractivity contribution >= 4 is 12.0 Å². The average molecular weight is 264 g/mol. The van der Waals surface area contributed by atoms with Crippen molar-refractivity contribution in [2.45, 2.75) is 38.8 Å². The van der Waals surface area contributed by atoms with E-state index in [9.17, 15) is 9.59 Å². The molecule has 3 N–H and O–H groups in total. The normalized spacial score (nSPS) is 12.6. The number of hydrogen-bond donors (Lipinski definition) is 3. The number of hydrogen-bond acceptors (Lipinski definition) is 2. The minimum Gasteiger partial charge on any atom is -0.480 e. The molecule has 1 aromatic rings. The fraction of sp³-hybridized carbons (Fsp3) is 0.429. The predicted molar refractivity (Wildman–Crippen MR) is 72.9 cm³/mol.